The summed E-state index contributed by atoms with van der Waals surface area (Å²) in [5, 5.41) is 3.01. The van der Waals surface area contributed by atoms with Crippen molar-refractivity contribution < 1.29 is 19.0 Å². The molecule has 0 saturated carbocycles. The fraction of sp³-hybridized carbons (Fsp3) is 0.444. The lowest BCUT2D eigenvalue weighted by Crippen LogP contribution is -2.32. The SMILES string of the molecule is CCn1ccnc1[C@@H]1OCC[C@H]1C(=O)NCc1cccc2c1OCO2. The van der Waals surface area contributed by atoms with E-state index in [1.165, 1.54) is 0 Å². The van der Waals surface area contributed by atoms with Gasteiger partial charge in [-0.25, -0.2) is 4.98 Å². The van der Waals surface area contributed by atoms with Crippen LogP contribution >= 0.6 is 0 Å². The van der Waals surface area contributed by atoms with Gasteiger partial charge >= 0.3 is 0 Å². The predicted molar refractivity (Wildman–Crippen MR) is 89.1 cm³/mol. The maximum absolute atomic E-state index is 12.7. The second-order valence-corrected chi connectivity index (χ2v) is 6.13. The number of hydrogen-bond acceptors (Lipinski definition) is 5. The molecule has 2 aliphatic heterocycles. The Hall–Kier alpha value is -2.54. The van der Waals surface area contributed by atoms with Crippen molar-refractivity contribution in [2.75, 3.05) is 13.4 Å². The third-order valence-corrected chi connectivity index (χ3v) is 4.70. The second kappa shape index (κ2) is 6.76. The number of benzene rings is 1. The lowest BCUT2D eigenvalue weighted by Gasteiger charge is -2.19. The van der Waals surface area contributed by atoms with Crippen LogP contribution < -0.4 is 14.8 Å². The number of hydrogen-bond donors (Lipinski definition) is 1. The molecule has 3 heterocycles. The summed E-state index contributed by atoms with van der Waals surface area (Å²) in [6.45, 7) is 4.04. The monoisotopic (exact) mass is 343 g/mol. The van der Waals surface area contributed by atoms with Crippen molar-refractivity contribution in [1.29, 1.82) is 0 Å². The highest BCUT2D eigenvalue weighted by Gasteiger charge is 2.37. The van der Waals surface area contributed by atoms with Crippen LogP contribution in [0.3, 0.4) is 0 Å². The van der Waals surface area contributed by atoms with E-state index in [0.29, 0.717) is 25.3 Å². The van der Waals surface area contributed by atoms with Crippen LogP contribution in [0.15, 0.2) is 30.6 Å². The zero-order chi connectivity index (χ0) is 17.2. The standard InChI is InChI=1S/C18H21N3O4/c1-2-21-8-7-19-17(21)16-13(6-9-23-16)18(22)20-10-12-4-3-5-14-15(12)25-11-24-14/h3-5,7-8,13,16H,2,6,9-11H2,1H3,(H,20,22)/t13-,16-/m1/s1. The van der Waals surface area contributed by atoms with Crippen LogP contribution in [-0.2, 0) is 22.6 Å². The highest BCUT2D eigenvalue weighted by atomic mass is 16.7. The van der Waals surface area contributed by atoms with Gasteiger partial charge in [-0.3, -0.25) is 4.79 Å². The summed E-state index contributed by atoms with van der Waals surface area (Å²) in [6, 6.07) is 5.69. The quantitative estimate of drug-likeness (QED) is 0.899. The summed E-state index contributed by atoms with van der Waals surface area (Å²) < 4.78 is 18.7. The van der Waals surface area contributed by atoms with Gasteiger partial charge in [0.1, 0.15) is 11.9 Å². The highest BCUT2D eigenvalue weighted by Crippen LogP contribution is 2.36. The summed E-state index contributed by atoms with van der Waals surface area (Å²) in [5.74, 6) is 1.99. The second-order valence-electron chi connectivity index (χ2n) is 6.13. The number of imidazole rings is 1. The molecule has 7 heteroatoms. The third kappa shape index (κ3) is 2.95. The van der Waals surface area contributed by atoms with Crippen molar-refractivity contribution in [2.24, 2.45) is 5.92 Å². The topological polar surface area (TPSA) is 74.6 Å². The van der Waals surface area contributed by atoms with Gasteiger partial charge < -0.3 is 24.1 Å². The van der Waals surface area contributed by atoms with Crippen molar-refractivity contribution >= 4 is 5.91 Å². The van der Waals surface area contributed by atoms with E-state index in [-0.39, 0.29) is 24.7 Å². The smallest absolute Gasteiger partial charge is 0.231 e. The number of ether oxygens (including phenoxy) is 3. The van der Waals surface area contributed by atoms with Crippen LogP contribution in [0.25, 0.3) is 0 Å². The Morgan fingerprint density at radius 2 is 2.32 bits per heavy atom. The molecule has 2 aliphatic rings. The number of aryl methyl sites for hydroxylation is 1. The first-order chi connectivity index (χ1) is 12.3. The van der Waals surface area contributed by atoms with Crippen molar-refractivity contribution in [3.63, 3.8) is 0 Å². The molecular weight excluding hydrogens is 322 g/mol. The molecule has 132 valence electrons. The van der Waals surface area contributed by atoms with Gasteiger partial charge in [0.15, 0.2) is 11.5 Å². The summed E-state index contributed by atoms with van der Waals surface area (Å²) in [4.78, 5) is 17.1. The average Bonchev–Trinajstić information content (AvgIpc) is 3.38. The van der Waals surface area contributed by atoms with Crippen LogP contribution in [-0.4, -0.2) is 28.9 Å². The molecule has 0 spiro atoms. The van der Waals surface area contributed by atoms with E-state index < -0.39 is 0 Å². The predicted octanol–water partition coefficient (Wildman–Crippen LogP) is 2.03. The van der Waals surface area contributed by atoms with Crippen LogP contribution in [0, 0.1) is 5.92 Å². The van der Waals surface area contributed by atoms with Crippen molar-refractivity contribution in [3.05, 3.63) is 42.0 Å². The number of aromatic nitrogens is 2. The van der Waals surface area contributed by atoms with Gasteiger partial charge in [0.2, 0.25) is 12.7 Å². The lowest BCUT2D eigenvalue weighted by molar-refractivity contribution is -0.127. The zero-order valence-corrected chi connectivity index (χ0v) is 14.1. The molecular formula is C18H21N3O4. The van der Waals surface area contributed by atoms with Crippen LogP contribution in [0.4, 0.5) is 0 Å². The maximum atomic E-state index is 12.7. The minimum atomic E-state index is -0.295. The van der Waals surface area contributed by atoms with Gasteiger partial charge in [-0.1, -0.05) is 12.1 Å². The first-order valence-corrected chi connectivity index (χ1v) is 8.55. The Balaban J connectivity index is 1.45. The van der Waals surface area contributed by atoms with Gasteiger partial charge in [0, 0.05) is 37.7 Å². The minimum absolute atomic E-state index is 0.0235. The minimum Gasteiger partial charge on any atom is -0.454 e. The number of nitrogens with zero attached hydrogens (tertiary/aromatic N) is 2. The van der Waals surface area contributed by atoms with Crippen molar-refractivity contribution in [1.82, 2.24) is 14.9 Å². The van der Waals surface area contributed by atoms with E-state index in [9.17, 15) is 4.79 Å². The van der Waals surface area contributed by atoms with Crippen molar-refractivity contribution in [2.45, 2.75) is 32.5 Å². The van der Waals surface area contributed by atoms with E-state index in [2.05, 4.69) is 10.3 Å². The van der Waals surface area contributed by atoms with Crippen LogP contribution in [0.5, 0.6) is 11.5 Å². The molecule has 0 bridgehead atoms. The van der Waals surface area contributed by atoms with E-state index in [0.717, 1.165) is 23.7 Å². The number of amides is 1. The molecule has 2 atom stereocenters. The van der Waals surface area contributed by atoms with Gasteiger partial charge in [0.05, 0.1) is 5.92 Å². The molecule has 2 aromatic rings. The number of rotatable bonds is 5. The van der Waals surface area contributed by atoms with E-state index >= 15 is 0 Å². The first-order valence-electron chi connectivity index (χ1n) is 8.55. The normalized spacial score (nSPS) is 21.5. The average molecular weight is 343 g/mol. The van der Waals surface area contributed by atoms with Crippen LogP contribution in [0.2, 0.25) is 0 Å². The number of para-hydroxylation sites is 1. The number of nitrogens with one attached hydrogen (secondary N) is 1. The Morgan fingerprint density at radius 1 is 1.40 bits per heavy atom. The zero-order valence-electron chi connectivity index (χ0n) is 14.1. The third-order valence-electron chi connectivity index (χ3n) is 4.70. The van der Waals surface area contributed by atoms with E-state index in [4.69, 9.17) is 14.2 Å². The molecule has 0 unspecified atom stereocenters. The Kier molecular flexibility index (Phi) is 4.31. The molecule has 1 saturated heterocycles. The summed E-state index contributed by atoms with van der Waals surface area (Å²) in [7, 11) is 0. The Morgan fingerprint density at radius 3 is 3.20 bits per heavy atom. The fourth-order valence-electron chi connectivity index (χ4n) is 3.40. The van der Waals surface area contributed by atoms with Crippen molar-refractivity contribution in [3.8, 4) is 11.5 Å². The number of carbonyl (C=O) groups excluding carboxylic acids is 1. The molecule has 0 radical (unpaired) electrons. The van der Waals surface area contributed by atoms with Gasteiger partial charge in [0.25, 0.3) is 0 Å². The van der Waals surface area contributed by atoms with Gasteiger partial charge in [-0.15, -0.1) is 0 Å². The molecule has 0 aliphatic carbocycles. The number of carbonyl (C=O) groups is 1. The van der Waals surface area contributed by atoms with E-state index in [1.54, 1.807) is 6.20 Å². The summed E-state index contributed by atoms with van der Waals surface area (Å²) in [6.07, 6.45) is 4.06. The summed E-state index contributed by atoms with van der Waals surface area (Å²) in [5.41, 5.74) is 0.911. The van der Waals surface area contributed by atoms with Crippen LogP contribution in [0.1, 0.15) is 30.8 Å². The maximum Gasteiger partial charge on any atom is 0.231 e. The Bertz CT molecular complexity index is 773. The molecule has 1 amide bonds. The van der Waals surface area contributed by atoms with Gasteiger partial charge in [-0.05, 0) is 19.4 Å². The first kappa shape index (κ1) is 16.0. The largest absolute Gasteiger partial charge is 0.454 e. The molecule has 1 aromatic heterocycles. The van der Waals surface area contributed by atoms with Gasteiger partial charge in [-0.2, -0.15) is 0 Å². The molecule has 1 N–H and O–H groups in total. The molecule has 4 rings (SSSR count). The molecule has 7 nitrogen and oxygen atoms in total. The molecule has 1 aromatic carbocycles. The highest BCUT2D eigenvalue weighted by molar-refractivity contribution is 5.79. The molecule has 25 heavy (non-hydrogen) atoms. The Labute approximate surface area is 145 Å². The fourth-order valence-corrected chi connectivity index (χ4v) is 3.40. The summed E-state index contributed by atoms with van der Waals surface area (Å²) >= 11 is 0. The number of fused-ring (bicyclic) bond motifs is 1. The lowest BCUT2D eigenvalue weighted by atomic mass is 9.99. The van der Waals surface area contributed by atoms with E-state index in [1.807, 2.05) is 35.9 Å². The molecule has 1 fully saturated rings.